The smallest absolute Gasteiger partial charge is 0.321 e. The van der Waals surface area contributed by atoms with Crippen molar-refractivity contribution in [1.29, 1.82) is 0 Å². The van der Waals surface area contributed by atoms with Crippen molar-refractivity contribution in [2.75, 3.05) is 12.4 Å². The van der Waals surface area contributed by atoms with Gasteiger partial charge in [0, 0.05) is 19.4 Å². The number of hydrogen-bond donors (Lipinski definition) is 1. The van der Waals surface area contributed by atoms with Crippen LogP contribution < -0.4 is 5.32 Å². The van der Waals surface area contributed by atoms with Crippen LogP contribution in [0.2, 0.25) is 0 Å². The molecule has 2 aromatic heterocycles. The largest absolute Gasteiger partial charge is 0.341 e. The Labute approximate surface area is 74.0 Å². The molecule has 0 aliphatic heterocycles. The highest BCUT2D eigenvalue weighted by molar-refractivity contribution is 5.43. The summed E-state index contributed by atoms with van der Waals surface area (Å²) in [4.78, 5) is 11.9. The molecule has 6 nitrogen and oxygen atoms in total. The molecule has 0 atom stereocenters. The molecule has 0 unspecified atom stereocenters. The van der Waals surface area contributed by atoms with Gasteiger partial charge in [-0.1, -0.05) is 5.16 Å². The number of nitrogens with one attached hydrogen (secondary N) is 1. The van der Waals surface area contributed by atoms with Gasteiger partial charge in [-0.15, -0.1) is 0 Å². The standard InChI is InChI=1S/C7H7N5O/c1-8-7-11-6(12-13-7)5-9-3-2-4-10-5/h2-4H,1H3,(H,8,11,12). The summed E-state index contributed by atoms with van der Waals surface area (Å²) in [5.41, 5.74) is 0. The molecule has 0 saturated carbocycles. The third-order valence-corrected chi connectivity index (χ3v) is 1.41. The second-order valence-electron chi connectivity index (χ2n) is 2.25. The Morgan fingerprint density at radius 2 is 2.00 bits per heavy atom. The summed E-state index contributed by atoms with van der Waals surface area (Å²) in [5.74, 6) is 0.831. The lowest BCUT2D eigenvalue weighted by atomic mass is 10.5. The zero-order chi connectivity index (χ0) is 9.10. The van der Waals surface area contributed by atoms with Crippen molar-refractivity contribution in [2.45, 2.75) is 0 Å². The Bertz CT molecular complexity index is 385. The van der Waals surface area contributed by atoms with E-state index < -0.39 is 0 Å². The maximum absolute atomic E-state index is 4.82. The van der Waals surface area contributed by atoms with Crippen molar-refractivity contribution in [3.05, 3.63) is 18.5 Å². The molecule has 0 radical (unpaired) electrons. The number of hydrogen-bond acceptors (Lipinski definition) is 6. The van der Waals surface area contributed by atoms with Gasteiger partial charge in [0.1, 0.15) is 0 Å². The van der Waals surface area contributed by atoms with Gasteiger partial charge in [0.15, 0.2) is 0 Å². The Kier molecular flexibility index (Phi) is 1.87. The van der Waals surface area contributed by atoms with Crippen LogP contribution in [-0.4, -0.2) is 27.2 Å². The molecule has 0 aliphatic rings. The van der Waals surface area contributed by atoms with E-state index in [0.717, 1.165) is 0 Å². The predicted molar refractivity (Wildman–Crippen MR) is 44.9 cm³/mol. The molecule has 0 aliphatic carbocycles. The van der Waals surface area contributed by atoms with Crippen LogP contribution in [0, 0.1) is 0 Å². The summed E-state index contributed by atoms with van der Waals surface area (Å²) in [7, 11) is 1.70. The van der Waals surface area contributed by atoms with E-state index in [1.165, 1.54) is 0 Å². The molecule has 1 N–H and O–H groups in total. The molecular formula is C7H7N5O. The van der Waals surface area contributed by atoms with E-state index in [-0.39, 0.29) is 0 Å². The first-order chi connectivity index (χ1) is 6.40. The van der Waals surface area contributed by atoms with Gasteiger partial charge in [-0.2, -0.15) is 4.98 Å². The molecule has 0 fully saturated rings. The van der Waals surface area contributed by atoms with Crippen LogP contribution in [0.15, 0.2) is 23.0 Å². The second-order valence-corrected chi connectivity index (χ2v) is 2.25. The molecular weight excluding hydrogens is 170 g/mol. The van der Waals surface area contributed by atoms with Crippen LogP contribution in [0.1, 0.15) is 0 Å². The Hall–Kier alpha value is -1.98. The number of nitrogens with zero attached hydrogens (tertiary/aromatic N) is 4. The van der Waals surface area contributed by atoms with E-state index in [1.807, 2.05) is 0 Å². The predicted octanol–water partition coefficient (Wildman–Crippen LogP) is 0.568. The summed E-state index contributed by atoms with van der Waals surface area (Å²) in [6.07, 6.45) is 3.25. The molecule has 2 aromatic rings. The lowest BCUT2D eigenvalue weighted by molar-refractivity contribution is 0.433. The molecule has 0 spiro atoms. The highest BCUT2D eigenvalue weighted by Gasteiger charge is 2.08. The quantitative estimate of drug-likeness (QED) is 0.722. The van der Waals surface area contributed by atoms with Crippen molar-refractivity contribution < 1.29 is 4.52 Å². The minimum atomic E-state index is 0.349. The van der Waals surface area contributed by atoms with Gasteiger partial charge in [-0.3, -0.25) is 0 Å². The lowest BCUT2D eigenvalue weighted by Gasteiger charge is -1.88. The first-order valence-corrected chi connectivity index (χ1v) is 3.69. The summed E-state index contributed by atoms with van der Waals surface area (Å²) < 4.78 is 4.82. The van der Waals surface area contributed by atoms with Crippen molar-refractivity contribution in [3.8, 4) is 11.6 Å². The molecule has 6 heteroatoms. The molecule has 13 heavy (non-hydrogen) atoms. The van der Waals surface area contributed by atoms with E-state index >= 15 is 0 Å². The molecule has 2 rings (SSSR count). The van der Waals surface area contributed by atoms with Crippen molar-refractivity contribution in [2.24, 2.45) is 0 Å². The van der Waals surface area contributed by atoms with Crippen LogP contribution in [-0.2, 0) is 0 Å². The normalized spacial score (nSPS) is 9.92. The number of anilines is 1. The minimum Gasteiger partial charge on any atom is -0.341 e. The highest BCUT2D eigenvalue weighted by Crippen LogP contribution is 2.10. The Morgan fingerprint density at radius 3 is 2.62 bits per heavy atom. The fourth-order valence-corrected chi connectivity index (χ4v) is 0.830. The molecule has 2 heterocycles. The molecule has 0 aromatic carbocycles. The maximum atomic E-state index is 4.82. The molecule has 0 amide bonds. The Balaban J connectivity index is 2.36. The van der Waals surface area contributed by atoms with Gasteiger partial charge in [-0.05, 0) is 6.07 Å². The Morgan fingerprint density at radius 1 is 1.23 bits per heavy atom. The van der Waals surface area contributed by atoms with Crippen LogP contribution in [0.4, 0.5) is 6.01 Å². The van der Waals surface area contributed by atoms with E-state index in [0.29, 0.717) is 17.7 Å². The van der Waals surface area contributed by atoms with E-state index in [1.54, 1.807) is 25.5 Å². The van der Waals surface area contributed by atoms with Crippen LogP contribution in [0.5, 0.6) is 0 Å². The SMILES string of the molecule is CNc1nc(-c2ncccn2)no1. The minimum absolute atomic E-state index is 0.349. The third kappa shape index (κ3) is 1.46. The van der Waals surface area contributed by atoms with Gasteiger partial charge >= 0.3 is 6.01 Å². The van der Waals surface area contributed by atoms with Crippen molar-refractivity contribution in [3.63, 3.8) is 0 Å². The van der Waals surface area contributed by atoms with Crippen LogP contribution in [0.25, 0.3) is 11.6 Å². The average Bonchev–Trinajstić information content (AvgIpc) is 2.67. The van der Waals surface area contributed by atoms with Crippen LogP contribution in [0.3, 0.4) is 0 Å². The van der Waals surface area contributed by atoms with E-state index in [2.05, 4.69) is 25.4 Å². The molecule has 0 saturated heterocycles. The second kappa shape index (κ2) is 3.18. The monoisotopic (exact) mass is 177 g/mol. The topological polar surface area (TPSA) is 76.7 Å². The highest BCUT2D eigenvalue weighted by atomic mass is 16.5. The first kappa shape index (κ1) is 7.66. The van der Waals surface area contributed by atoms with Gasteiger partial charge in [0.05, 0.1) is 0 Å². The van der Waals surface area contributed by atoms with Crippen molar-refractivity contribution in [1.82, 2.24) is 20.1 Å². The number of rotatable bonds is 2. The van der Waals surface area contributed by atoms with E-state index in [4.69, 9.17) is 4.52 Å². The third-order valence-electron chi connectivity index (χ3n) is 1.41. The van der Waals surface area contributed by atoms with Gasteiger partial charge in [0.25, 0.3) is 0 Å². The van der Waals surface area contributed by atoms with Gasteiger partial charge in [-0.25, -0.2) is 9.97 Å². The lowest BCUT2D eigenvalue weighted by Crippen LogP contribution is -1.90. The fraction of sp³-hybridized carbons (Fsp3) is 0.143. The van der Waals surface area contributed by atoms with Crippen LogP contribution >= 0.6 is 0 Å². The fourth-order valence-electron chi connectivity index (χ4n) is 0.830. The number of aromatic nitrogens is 4. The average molecular weight is 177 g/mol. The molecule has 66 valence electrons. The van der Waals surface area contributed by atoms with E-state index in [9.17, 15) is 0 Å². The zero-order valence-corrected chi connectivity index (χ0v) is 6.93. The van der Waals surface area contributed by atoms with Gasteiger partial charge in [0.2, 0.25) is 11.6 Å². The summed E-state index contributed by atoms with van der Waals surface area (Å²) >= 11 is 0. The summed E-state index contributed by atoms with van der Waals surface area (Å²) in [6.45, 7) is 0. The van der Waals surface area contributed by atoms with Gasteiger partial charge < -0.3 is 9.84 Å². The zero-order valence-electron chi connectivity index (χ0n) is 6.93. The first-order valence-electron chi connectivity index (χ1n) is 3.69. The summed E-state index contributed by atoms with van der Waals surface area (Å²) in [5, 5.41) is 6.40. The molecule has 0 bridgehead atoms. The maximum Gasteiger partial charge on any atom is 0.321 e. The summed E-state index contributed by atoms with van der Waals surface area (Å²) in [6, 6.07) is 2.07. The van der Waals surface area contributed by atoms with Crippen molar-refractivity contribution >= 4 is 6.01 Å².